The Kier molecular flexibility index (Phi) is 4.99. The fraction of sp³-hybridized carbons (Fsp3) is 0.0435. The van der Waals surface area contributed by atoms with E-state index in [1.807, 2.05) is 54.6 Å². The van der Waals surface area contributed by atoms with Crippen molar-refractivity contribution in [2.24, 2.45) is 0 Å². The van der Waals surface area contributed by atoms with Crippen LogP contribution in [0.15, 0.2) is 91.0 Å². The van der Waals surface area contributed by atoms with Crippen LogP contribution in [0.5, 0.6) is 5.75 Å². The quantitative estimate of drug-likeness (QED) is 0.279. The van der Waals surface area contributed by atoms with E-state index < -0.39 is 15.6 Å². The zero-order valence-electron chi connectivity index (χ0n) is 15.4. The Hall–Kier alpha value is -3.32. The van der Waals surface area contributed by atoms with Crippen molar-refractivity contribution in [3.05, 3.63) is 91.0 Å². The zero-order valence-corrected chi connectivity index (χ0v) is 16.2. The summed E-state index contributed by atoms with van der Waals surface area (Å²) in [5.41, 5.74) is -3.10. The minimum atomic E-state index is -5.79. The maximum Gasteiger partial charge on any atom is 0.534 e. The van der Waals surface area contributed by atoms with Gasteiger partial charge in [-0.2, -0.15) is 21.6 Å². The smallest absolute Gasteiger partial charge is 0.375 e. The molecule has 0 saturated heterocycles. The summed E-state index contributed by atoms with van der Waals surface area (Å²) < 4.78 is 66.2. The van der Waals surface area contributed by atoms with Crippen LogP contribution in [0.2, 0.25) is 0 Å². The Morgan fingerprint density at radius 1 is 0.600 bits per heavy atom. The first-order valence-corrected chi connectivity index (χ1v) is 10.4. The lowest BCUT2D eigenvalue weighted by molar-refractivity contribution is -0.0499. The van der Waals surface area contributed by atoms with E-state index in [4.69, 9.17) is 0 Å². The number of benzene rings is 4. The Balaban J connectivity index is 1.91. The van der Waals surface area contributed by atoms with Gasteiger partial charge in [0.1, 0.15) is 0 Å². The number of hydrogen-bond acceptors (Lipinski definition) is 3. The fourth-order valence-corrected chi connectivity index (χ4v) is 3.82. The predicted molar refractivity (Wildman–Crippen MR) is 110 cm³/mol. The average Bonchev–Trinajstić information content (AvgIpc) is 2.73. The van der Waals surface area contributed by atoms with Gasteiger partial charge in [-0.05, 0) is 33.5 Å². The van der Waals surface area contributed by atoms with Gasteiger partial charge in [-0.15, -0.1) is 0 Å². The maximum absolute atomic E-state index is 12.9. The van der Waals surface area contributed by atoms with Gasteiger partial charge in [0, 0.05) is 5.56 Å². The van der Waals surface area contributed by atoms with Gasteiger partial charge >= 0.3 is 15.6 Å². The third kappa shape index (κ3) is 3.64. The topological polar surface area (TPSA) is 43.4 Å². The first-order valence-electron chi connectivity index (χ1n) is 8.95. The Bertz CT molecular complexity index is 1320. The molecule has 7 heteroatoms. The standard InChI is InChI=1S/C23H15F3O3S/c24-23(25,26)30(27,28)29-22-15-6-5-13-21(22)20-12-4-3-11-19(20)18-14-7-9-16-8-1-2-10-17(16)18/h1-15H. The van der Waals surface area contributed by atoms with Gasteiger partial charge in [-0.3, -0.25) is 0 Å². The van der Waals surface area contributed by atoms with Gasteiger partial charge < -0.3 is 4.18 Å². The number of halogens is 3. The molecule has 0 aromatic heterocycles. The Morgan fingerprint density at radius 2 is 1.10 bits per heavy atom. The molecule has 4 rings (SSSR count). The lowest BCUT2D eigenvalue weighted by Gasteiger charge is -2.16. The van der Waals surface area contributed by atoms with E-state index in [-0.39, 0.29) is 11.3 Å². The summed E-state index contributed by atoms with van der Waals surface area (Å²) in [7, 11) is -5.79. The molecule has 0 fully saturated rings. The minimum absolute atomic E-state index is 0.244. The van der Waals surface area contributed by atoms with Crippen molar-refractivity contribution in [3.8, 4) is 28.0 Å². The van der Waals surface area contributed by atoms with E-state index >= 15 is 0 Å². The van der Waals surface area contributed by atoms with E-state index in [1.165, 1.54) is 18.2 Å². The molecular weight excluding hydrogens is 413 g/mol. The van der Waals surface area contributed by atoms with E-state index in [0.717, 1.165) is 21.9 Å². The molecule has 3 nitrogen and oxygen atoms in total. The van der Waals surface area contributed by atoms with E-state index in [2.05, 4.69) is 4.18 Å². The van der Waals surface area contributed by atoms with Crippen molar-refractivity contribution < 1.29 is 25.8 Å². The van der Waals surface area contributed by atoms with Crippen LogP contribution >= 0.6 is 0 Å². The first-order chi connectivity index (χ1) is 14.3. The molecule has 0 heterocycles. The third-order valence-electron chi connectivity index (χ3n) is 4.67. The highest BCUT2D eigenvalue weighted by Gasteiger charge is 2.48. The summed E-state index contributed by atoms with van der Waals surface area (Å²) in [6.45, 7) is 0. The number of para-hydroxylation sites is 1. The second-order valence-corrected chi connectivity index (χ2v) is 8.09. The van der Waals surface area contributed by atoms with Crippen LogP contribution in [-0.2, 0) is 10.1 Å². The van der Waals surface area contributed by atoms with E-state index in [9.17, 15) is 21.6 Å². The molecule has 0 saturated carbocycles. The molecular formula is C23H15F3O3S. The second kappa shape index (κ2) is 7.50. The average molecular weight is 428 g/mol. The molecule has 152 valence electrons. The highest BCUT2D eigenvalue weighted by molar-refractivity contribution is 7.88. The Labute approximate surface area is 171 Å². The molecule has 0 aliphatic rings. The van der Waals surface area contributed by atoms with Crippen molar-refractivity contribution in [1.82, 2.24) is 0 Å². The summed E-state index contributed by atoms with van der Waals surface area (Å²) in [4.78, 5) is 0. The molecule has 0 atom stereocenters. The van der Waals surface area contributed by atoms with Crippen LogP contribution in [0.1, 0.15) is 0 Å². The van der Waals surface area contributed by atoms with Gasteiger partial charge in [0.2, 0.25) is 0 Å². The summed E-state index contributed by atoms with van der Waals surface area (Å²) in [6.07, 6.45) is 0. The van der Waals surface area contributed by atoms with Crippen LogP contribution < -0.4 is 4.18 Å². The van der Waals surface area contributed by atoms with Crippen molar-refractivity contribution in [2.45, 2.75) is 5.51 Å². The number of fused-ring (bicyclic) bond motifs is 1. The van der Waals surface area contributed by atoms with Gasteiger partial charge in [0.25, 0.3) is 0 Å². The lowest BCUT2D eigenvalue weighted by Crippen LogP contribution is -2.28. The molecule has 0 aliphatic heterocycles. The summed E-state index contributed by atoms with van der Waals surface area (Å²) >= 11 is 0. The normalized spacial score (nSPS) is 12.1. The molecule has 0 bridgehead atoms. The largest absolute Gasteiger partial charge is 0.534 e. The highest BCUT2D eigenvalue weighted by Crippen LogP contribution is 2.40. The van der Waals surface area contributed by atoms with E-state index in [0.29, 0.717) is 5.56 Å². The highest BCUT2D eigenvalue weighted by atomic mass is 32.2. The molecule has 30 heavy (non-hydrogen) atoms. The third-order valence-corrected chi connectivity index (χ3v) is 5.63. The van der Waals surface area contributed by atoms with Crippen LogP contribution in [-0.4, -0.2) is 13.9 Å². The number of alkyl halides is 3. The van der Waals surface area contributed by atoms with Crippen LogP contribution in [0.25, 0.3) is 33.0 Å². The summed E-state index contributed by atoms with van der Waals surface area (Å²) in [5, 5.41) is 1.97. The molecule has 0 unspecified atom stereocenters. The monoisotopic (exact) mass is 428 g/mol. The van der Waals surface area contributed by atoms with Crippen molar-refractivity contribution in [2.75, 3.05) is 0 Å². The van der Waals surface area contributed by atoms with Gasteiger partial charge in [0.05, 0.1) is 0 Å². The predicted octanol–water partition coefficient (Wildman–Crippen LogP) is 6.40. The second-order valence-electron chi connectivity index (χ2n) is 6.55. The van der Waals surface area contributed by atoms with Crippen LogP contribution in [0.3, 0.4) is 0 Å². The number of hydrogen-bond donors (Lipinski definition) is 0. The molecule has 0 spiro atoms. The van der Waals surface area contributed by atoms with Gasteiger partial charge in [0.15, 0.2) is 5.75 Å². The lowest BCUT2D eigenvalue weighted by atomic mass is 9.91. The van der Waals surface area contributed by atoms with Crippen LogP contribution in [0, 0.1) is 0 Å². The van der Waals surface area contributed by atoms with Gasteiger partial charge in [-0.25, -0.2) is 0 Å². The molecule has 4 aromatic rings. The molecule has 4 aromatic carbocycles. The summed E-state index contributed by atoms with van der Waals surface area (Å²) in [5.74, 6) is -0.387. The first kappa shape index (κ1) is 20.0. The minimum Gasteiger partial charge on any atom is -0.375 e. The Morgan fingerprint density at radius 3 is 1.80 bits per heavy atom. The molecule has 0 radical (unpaired) electrons. The maximum atomic E-state index is 12.9. The molecule has 0 N–H and O–H groups in total. The van der Waals surface area contributed by atoms with E-state index in [1.54, 1.807) is 18.2 Å². The molecule has 0 aliphatic carbocycles. The van der Waals surface area contributed by atoms with Crippen molar-refractivity contribution in [1.29, 1.82) is 0 Å². The van der Waals surface area contributed by atoms with Gasteiger partial charge in [-0.1, -0.05) is 84.9 Å². The van der Waals surface area contributed by atoms with Crippen LogP contribution in [0.4, 0.5) is 13.2 Å². The van der Waals surface area contributed by atoms with Crippen molar-refractivity contribution >= 4 is 20.9 Å². The number of rotatable bonds is 4. The fourth-order valence-electron chi connectivity index (χ4n) is 3.34. The molecule has 0 amide bonds. The zero-order chi connectivity index (χ0) is 21.4. The van der Waals surface area contributed by atoms with Crippen molar-refractivity contribution in [3.63, 3.8) is 0 Å². The SMILES string of the molecule is O=S(=O)(Oc1ccccc1-c1ccccc1-c1cccc2ccccc12)C(F)(F)F. The summed E-state index contributed by atoms with van der Waals surface area (Å²) in [6, 6.07) is 26.4.